The molecule has 0 aliphatic rings. The number of amides is 1. The summed E-state index contributed by atoms with van der Waals surface area (Å²) >= 11 is 0.843. The SMILES string of the molecule is O=C(CSC(=O)c1ccccc1)Nc1ccc(OC(F)(F)F)cc1. The van der Waals surface area contributed by atoms with Gasteiger partial charge in [-0.2, -0.15) is 0 Å². The fourth-order valence-corrected chi connectivity index (χ4v) is 2.36. The first-order valence-electron chi connectivity index (χ1n) is 6.71. The number of ether oxygens (including phenoxy) is 1. The second-order valence-electron chi connectivity index (χ2n) is 4.56. The van der Waals surface area contributed by atoms with Gasteiger partial charge in [0.25, 0.3) is 0 Å². The van der Waals surface area contributed by atoms with Crippen LogP contribution in [-0.2, 0) is 4.79 Å². The highest BCUT2D eigenvalue weighted by Gasteiger charge is 2.30. The summed E-state index contributed by atoms with van der Waals surface area (Å²) in [7, 11) is 0. The van der Waals surface area contributed by atoms with E-state index in [2.05, 4.69) is 10.1 Å². The van der Waals surface area contributed by atoms with Crippen LogP contribution in [0.5, 0.6) is 5.75 Å². The van der Waals surface area contributed by atoms with Crippen LogP contribution in [0.4, 0.5) is 18.9 Å². The van der Waals surface area contributed by atoms with E-state index in [9.17, 15) is 22.8 Å². The Morgan fingerprint density at radius 1 is 1.00 bits per heavy atom. The van der Waals surface area contributed by atoms with Crippen LogP contribution < -0.4 is 10.1 Å². The molecule has 4 nitrogen and oxygen atoms in total. The van der Waals surface area contributed by atoms with E-state index in [1.54, 1.807) is 30.3 Å². The maximum absolute atomic E-state index is 12.0. The lowest BCUT2D eigenvalue weighted by Crippen LogP contribution is -2.17. The average Bonchev–Trinajstić information content (AvgIpc) is 2.54. The smallest absolute Gasteiger partial charge is 0.406 e. The van der Waals surface area contributed by atoms with Crippen molar-refractivity contribution >= 4 is 28.5 Å². The standard InChI is InChI=1S/C16H12F3NO3S/c17-16(18,19)23-13-8-6-12(7-9-13)20-14(21)10-24-15(22)11-4-2-1-3-5-11/h1-9H,10H2,(H,20,21). The van der Waals surface area contributed by atoms with Crippen LogP contribution >= 0.6 is 11.8 Å². The van der Waals surface area contributed by atoms with Crippen molar-refractivity contribution in [3.63, 3.8) is 0 Å². The largest absolute Gasteiger partial charge is 0.573 e. The highest BCUT2D eigenvalue weighted by atomic mass is 32.2. The first-order valence-corrected chi connectivity index (χ1v) is 7.70. The lowest BCUT2D eigenvalue weighted by Gasteiger charge is -2.09. The number of benzene rings is 2. The predicted molar refractivity (Wildman–Crippen MR) is 85.0 cm³/mol. The normalized spacial score (nSPS) is 11.0. The van der Waals surface area contributed by atoms with Crippen LogP contribution in [0.1, 0.15) is 10.4 Å². The van der Waals surface area contributed by atoms with Crippen molar-refractivity contribution in [1.82, 2.24) is 0 Å². The maximum Gasteiger partial charge on any atom is 0.573 e. The van der Waals surface area contributed by atoms with Crippen molar-refractivity contribution in [1.29, 1.82) is 0 Å². The summed E-state index contributed by atoms with van der Waals surface area (Å²) in [6, 6.07) is 13.2. The molecule has 24 heavy (non-hydrogen) atoms. The molecule has 0 aliphatic carbocycles. The van der Waals surface area contributed by atoms with E-state index in [4.69, 9.17) is 0 Å². The van der Waals surface area contributed by atoms with Gasteiger partial charge in [-0.1, -0.05) is 42.1 Å². The van der Waals surface area contributed by atoms with E-state index in [0.717, 1.165) is 23.9 Å². The Kier molecular flexibility index (Phi) is 5.86. The number of nitrogens with one attached hydrogen (secondary N) is 1. The van der Waals surface area contributed by atoms with E-state index >= 15 is 0 Å². The van der Waals surface area contributed by atoms with E-state index in [-0.39, 0.29) is 16.6 Å². The van der Waals surface area contributed by atoms with Crippen molar-refractivity contribution in [2.75, 3.05) is 11.1 Å². The summed E-state index contributed by atoms with van der Waals surface area (Å²) in [5.41, 5.74) is 0.797. The number of anilines is 1. The topological polar surface area (TPSA) is 55.4 Å². The molecule has 0 bridgehead atoms. The average molecular weight is 355 g/mol. The van der Waals surface area contributed by atoms with Crippen molar-refractivity contribution in [2.24, 2.45) is 0 Å². The fourth-order valence-electron chi connectivity index (χ4n) is 1.73. The molecule has 1 amide bonds. The monoisotopic (exact) mass is 355 g/mol. The van der Waals surface area contributed by atoms with Gasteiger partial charge in [0.05, 0.1) is 5.75 Å². The molecule has 126 valence electrons. The highest BCUT2D eigenvalue weighted by Crippen LogP contribution is 2.24. The van der Waals surface area contributed by atoms with Gasteiger partial charge in [-0.15, -0.1) is 13.2 Å². The fraction of sp³-hybridized carbons (Fsp3) is 0.125. The van der Waals surface area contributed by atoms with Gasteiger partial charge < -0.3 is 10.1 Å². The van der Waals surface area contributed by atoms with Crippen molar-refractivity contribution < 1.29 is 27.5 Å². The van der Waals surface area contributed by atoms with Crippen LogP contribution in [0.2, 0.25) is 0 Å². The number of halogens is 3. The minimum absolute atomic E-state index is 0.103. The zero-order chi connectivity index (χ0) is 17.6. The van der Waals surface area contributed by atoms with Gasteiger partial charge in [0.15, 0.2) is 0 Å². The number of hydrogen-bond acceptors (Lipinski definition) is 4. The molecular weight excluding hydrogens is 343 g/mol. The summed E-state index contributed by atoms with van der Waals surface area (Å²) in [6.45, 7) is 0. The molecule has 0 heterocycles. The Labute approximate surface area is 140 Å². The van der Waals surface area contributed by atoms with Crippen LogP contribution in [0.15, 0.2) is 54.6 Å². The molecule has 0 saturated carbocycles. The number of carbonyl (C=O) groups excluding carboxylic acids is 2. The van der Waals surface area contributed by atoms with E-state index in [0.29, 0.717) is 11.3 Å². The molecule has 0 saturated heterocycles. The quantitative estimate of drug-likeness (QED) is 0.877. The first kappa shape index (κ1) is 17.9. The molecular formula is C16H12F3NO3S. The molecule has 0 atom stereocenters. The Morgan fingerprint density at radius 2 is 1.62 bits per heavy atom. The lowest BCUT2D eigenvalue weighted by atomic mass is 10.2. The summed E-state index contributed by atoms with van der Waals surface area (Å²) in [6.07, 6.45) is -4.76. The molecule has 0 fully saturated rings. The molecule has 0 aromatic heterocycles. The van der Waals surface area contributed by atoms with Crippen molar-refractivity contribution in [2.45, 2.75) is 6.36 Å². The molecule has 0 aliphatic heterocycles. The van der Waals surface area contributed by atoms with Crippen LogP contribution in [-0.4, -0.2) is 23.1 Å². The Bertz CT molecular complexity index is 703. The van der Waals surface area contributed by atoms with Gasteiger partial charge in [-0.05, 0) is 24.3 Å². The van der Waals surface area contributed by atoms with Crippen LogP contribution in [0, 0.1) is 0 Å². The van der Waals surface area contributed by atoms with E-state index < -0.39 is 12.3 Å². The predicted octanol–water partition coefficient (Wildman–Crippen LogP) is 4.10. The molecule has 0 spiro atoms. The van der Waals surface area contributed by atoms with Gasteiger partial charge in [-0.3, -0.25) is 9.59 Å². The third kappa shape index (κ3) is 5.96. The van der Waals surface area contributed by atoms with Gasteiger partial charge in [0.1, 0.15) is 5.75 Å². The number of rotatable bonds is 5. The highest BCUT2D eigenvalue weighted by molar-refractivity contribution is 8.14. The molecule has 2 rings (SSSR count). The van der Waals surface area contributed by atoms with Crippen LogP contribution in [0.25, 0.3) is 0 Å². The van der Waals surface area contributed by atoms with Crippen molar-refractivity contribution in [3.8, 4) is 5.75 Å². The van der Waals surface area contributed by atoms with Gasteiger partial charge in [0, 0.05) is 11.3 Å². The summed E-state index contributed by atoms with van der Waals surface area (Å²) in [5, 5.41) is 2.25. The van der Waals surface area contributed by atoms with Crippen LogP contribution in [0.3, 0.4) is 0 Å². The van der Waals surface area contributed by atoms with E-state index in [1.807, 2.05) is 0 Å². The molecule has 2 aromatic rings. The number of thioether (sulfide) groups is 1. The summed E-state index contributed by atoms with van der Waals surface area (Å²) in [4.78, 5) is 23.6. The van der Waals surface area contributed by atoms with Gasteiger partial charge in [0.2, 0.25) is 11.0 Å². The zero-order valence-corrected chi connectivity index (χ0v) is 13.0. The molecule has 0 unspecified atom stereocenters. The minimum Gasteiger partial charge on any atom is -0.406 e. The lowest BCUT2D eigenvalue weighted by molar-refractivity contribution is -0.274. The number of carbonyl (C=O) groups is 2. The number of hydrogen-bond donors (Lipinski definition) is 1. The van der Waals surface area contributed by atoms with Crippen molar-refractivity contribution in [3.05, 3.63) is 60.2 Å². The molecule has 2 aromatic carbocycles. The second-order valence-corrected chi connectivity index (χ2v) is 5.51. The Morgan fingerprint density at radius 3 is 2.21 bits per heavy atom. The third-order valence-corrected chi connectivity index (χ3v) is 3.62. The van der Waals surface area contributed by atoms with Gasteiger partial charge >= 0.3 is 6.36 Å². The summed E-state index contributed by atoms with van der Waals surface area (Å²) in [5.74, 6) is -0.919. The number of alkyl halides is 3. The first-order chi connectivity index (χ1) is 11.3. The summed E-state index contributed by atoms with van der Waals surface area (Å²) < 4.78 is 39.9. The minimum atomic E-state index is -4.76. The zero-order valence-electron chi connectivity index (χ0n) is 12.2. The Hall–Kier alpha value is -2.48. The molecule has 8 heteroatoms. The molecule has 0 radical (unpaired) electrons. The maximum atomic E-state index is 12.0. The van der Waals surface area contributed by atoms with E-state index in [1.165, 1.54) is 12.1 Å². The molecule has 1 N–H and O–H groups in total. The third-order valence-electron chi connectivity index (χ3n) is 2.72. The van der Waals surface area contributed by atoms with Gasteiger partial charge in [-0.25, -0.2) is 0 Å². The second kappa shape index (κ2) is 7.87. The Balaban J connectivity index is 1.83.